The molecule has 1 fully saturated rings. The molecule has 1 saturated heterocycles. The van der Waals surface area contributed by atoms with Gasteiger partial charge in [-0.25, -0.2) is 4.98 Å². The number of hydrogen-bond donors (Lipinski definition) is 0. The van der Waals surface area contributed by atoms with Crippen LogP contribution < -0.4 is 4.90 Å². The highest BCUT2D eigenvalue weighted by atomic mass is 19.3. The van der Waals surface area contributed by atoms with Crippen LogP contribution >= 0.6 is 0 Å². The van der Waals surface area contributed by atoms with Crippen LogP contribution in [0.5, 0.6) is 0 Å². The zero-order valence-electron chi connectivity index (χ0n) is 16.9. The Bertz CT molecular complexity index is 1140. The van der Waals surface area contributed by atoms with Gasteiger partial charge in [-0.3, -0.25) is 19.5 Å². The van der Waals surface area contributed by atoms with E-state index < -0.39 is 17.4 Å². The van der Waals surface area contributed by atoms with Crippen molar-refractivity contribution in [3.63, 3.8) is 0 Å². The van der Waals surface area contributed by atoms with E-state index in [1.165, 1.54) is 24.1 Å². The minimum absolute atomic E-state index is 0.0419. The lowest BCUT2D eigenvalue weighted by Gasteiger charge is -2.24. The average Bonchev–Trinajstić information content (AvgIpc) is 3.40. The summed E-state index contributed by atoms with van der Waals surface area (Å²) in [6.45, 7) is -1.48. The van der Waals surface area contributed by atoms with Crippen molar-refractivity contribution >= 4 is 28.3 Å². The van der Waals surface area contributed by atoms with Crippen LogP contribution in [0.3, 0.4) is 0 Å². The monoisotopic (exact) mass is 429 g/mol. The van der Waals surface area contributed by atoms with Crippen molar-refractivity contribution in [2.24, 2.45) is 0 Å². The molecule has 4 rings (SSSR count). The van der Waals surface area contributed by atoms with E-state index in [9.17, 15) is 23.7 Å². The summed E-state index contributed by atoms with van der Waals surface area (Å²) < 4.78 is 28.2. The van der Waals surface area contributed by atoms with Crippen molar-refractivity contribution in [3.8, 4) is 0 Å². The zero-order chi connectivity index (χ0) is 22.1. The molecule has 162 valence electrons. The normalized spacial score (nSPS) is 13.9. The number of aromatic nitrogens is 2. The molecule has 2 aromatic carbocycles. The lowest BCUT2D eigenvalue weighted by molar-refractivity contribution is -0.384. The molecule has 31 heavy (non-hydrogen) atoms. The number of nitrogens with zero attached hydrogens (tertiary/aromatic N) is 5. The number of fused-ring (bicyclic) bond motifs is 1. The fourth-order valence-electron chi connectivity index (χ4n) is 3.96. The van der Waals surface area contributed by atoms with Gasteiger partial charge in [0.15, 0.2) is 0 Å². The molecule has 0 saturated carbocycles. The molecule has 1 aliphatic rings. The SMILES string of the molecule is CN(Cc1nc2ccccc2n1C(F)F)C(=O)c1cc([N+](=O)[O-])ccc1N1CCCC1. The number of rotatable bonds is 6. The molecule has 1 amide bonds. The Morgan fingerprint density at radius 3 is 2.61 bits per heavy atom. The molecule has 1 aliphatic heterocycles. The second kappa shape index (κ2) is 8.29. The first-order valence-electron chi connectivity index (χ1n) is 9.89. The van der Waals surface area contributed by atoms with Gasteiger partial charge in [-0.2, -0.15) is 8.78 Å². The highest BCUT2D eigenvalue weighted by Crippen LogP contribution is 2.30. The molecular weight excluding hydrogens is 408 g/mol. The number of imidazole rings is 1. The fourth-order valence-corrected chi connectivity index (χ4v) is 3.96. The summed E-state index contributed by atoms with van der Waals surface area (Å²) >= 11 is 0. The Morgan fingerprint density at radius 1 is 1.23 bits per heavy atom. The predicted octanol–water partition coefficient (Wildman–Crippen LogP) is 4.21. The van der Waals surface area contributed by atoms with E-state index in [-0.39, 0.29) is 29.1 Å². The summed E-state index contributed by atoms with van der Waals surface area (Å²) in [5, 5.41) is 11.3. The third-order valence-electron chi connectivity index (χ3n) is 5.46. The summed E-state index contributed by atoms with van der Waals surface area (Å²) in [6, 6.07) is 10.7. The zero-order valence-corrected chi connectivity index (χ0v) is 16.9. The predicted molar refractivity (Wildman–Crippen MR) is 111 cm³/mol. The van der Waals surface area contributed by atoms with E-state index in [0.29, 0.717) is 11.2 Å². The first-order chi connectivity index (χ1) is 14.9. The summed E-state index contributed by atoms with van der Waals surface area (Å²) in [5.74, 6) is -0.446. The van der Waals surface area contributed by atoms with Crippen LogP contribution in [0.15, 0.2) is 42.5 Å². The third-order valence-corrected chi connectivity index (χ3v) is 5.46. The quantitative estimate of drug-likeness (QED) is 0.433. The molecular formula is C21H21F2N5O3. The minimum atomic E-state index is -2.82. The number of carbonyl (C=O) groups excluding carboxylic acids is 1. The molecule has 0 radical (unpaired) electrons. The number of non-ortho nitro benzene ring substituents is 1. The van der Waals surface area contributed by atoms with E-state index in [2.05, 4.69) is 4.98 Å². The Labute approximate surface area is 176 Å². The number of hydrogen-bond acceptors (Lipinski definition) is 5. The highest BCUT2D eigenvalue weighted by Gasteiger charge is 2.26. The van der Waals surface area contributed by atoms with Crippen LogP contribution in [-0.4, -0.2) is 45.4 Å². The van der Waals surface area contributed by atoms with Crippen molar-refractivity contribution in [1.82, 2.24) is 14.5 Å². The average molecular weight is 429 g/mol. The largest absolute Gasteiger partial charge is 0.371 e. The van der Waals surface area contributed by atoms with Gasteiger partial charge in [0.1, 0.15) is 5.82 Å². The van der Waals surface area contributed by atoms with Gasteiger partial charge in [0.05, 0.1) is 33.8 Å². The van der Waals surface area contributed by atoms with Crippen LogP contribution in [0.25, 0.3) is 11.0 Å². The molecule has 1 aromatic heterocycles. The number of halogens is 2. The van der Waals surface area contributed by atoms with Crippen molar-refractivity contribution in [1.29, 1.82) is 0 Å². The Morgan fingerprint density at radius 2 is 1.94 bits per heavy atom. The van der Waals surface area contributed by atoms with Crippen LogP contribution in [-0.2, 0) is 6.54 Å². The summed E-state index contributed by atoms with van der Waals surface area (Å²) in [6.07, 6.45) is 1.94. The van der Waals surface area contributed by atoms with Gasteiger partial charge in [0, 0.05) is 32.3 Å². The number of amides is 1. The molecule has 0 spiro atoms. The Balaban J connectivity index is 1.69. The van der Waals surface area contributed by atoms with Crippen molar-refractivity contribution in [3.05, 3.63) is 64.0 Å². The topological polar surface area (TPSA) is 84.5 Å². The molecule has 2 heterocycles. The van der Waals surface area contributed by atoms with Crippen LogP contribution in [0.1, 0.15) is 35.6 Å². The Hall–Kier alpha value is -3.56. The van der Waals surface area contributed by atoms with E-state index in [0.717, 1.165) is 30.5 Å². The summed E-state index contributed by atoms with van der Waals surface area (Å²) in [7, 11) is 1.48. The first-order valence-corrected chi connectivity index (χ1v) is 9.89. The van der Waals surface area contributed by atoms with Gasteiger partial charge < -0.3 is 9.80 Å². The summed E-state index contributed by atoms with van der Waals surface area (Å²) in [5.41, 5.74) is 1.29. The molecule has 0 bridgehead atoms. The van der Waals surface area contributed by atoms with E-state index in [4.69, 9.17) is 0 Å². The molecule has 0 aliphatic carbocycles. The van der Waals surface area contributed by atoms with Gasteiger partial charge in [-0.15, -0.1) is 0 Å². The molecule has 0 atom stereocenters. The molecule has 3 aromatic rings. The number of alkyl halides is 2. The summed E-state index contributed by atoms with van der Waals surface area (Å²) in [4.78, 5) is 31.5. The smallest absolute Gasteiger partial charge is 0.320 e. The molecule has 0 unspecified atom stereocenters. The van der Waals surface area contributed by atoms with E-state index in [1.807, 2.05) is 4.90 Å². The van der Waals surface area contributed by atoms with Gasteiger partial charge in [0.2, 0.25) is 0 Å². The van der Waals surface area contributed by atoms with E-state index in [1.54, 1.807) is 30.3 Å². The first kappa shape index (κ1) is 20.7. The maximum absolute atomic E-state index is 13.7. The van der Waals surface area contributed by atoms with Crippen molar-refractivity contribution < 1.29 is 18.5 Å². The second-order valence-electron chi connectivity index (χ2n) is 7.48. The molecule has 10 heteroatoms. The van der Waals surface area contributed by atoms with Gasteiger partial charge in [-0.1, -0.05) is 12.1 Å². The van der Waals surface area contributed by atoms with Crippen LogP contribution in [0.4, 0.5) is 20.2 Å². The highest BCUT2D eigenvalue weighted by molar-refractivity contribution is 6.00. The second-order valence-corrected chi connectivity index (χ2v) is 7.48. The van der Waals surface area contributed by atoms with Gasteiger partial charge in [-0.05, 0) is 31.0 Å². The number of nitro benzene ring substituents is 1. The van der Waals surface area contributed by atoms with Crippen molar-refractivity contribution in [2.45, 2.75) is 25.9 Å². The number of anilines is 1. The van der Waals surface area contributed by atoms with Crippen LogP contribution in [0, 0.1) is 10.1 Å². The molecule has 0 N–H and O–H groups in total. The van der Waals surface area contributed by atoms with Crippen LogP contribution in [0.2, 0.25) is 0 Å². The number of nitro groups is 1. The minimum Gasteiger partial charge on any atom is -0.371 e. The third kappa shape index (κ3) is 3.92. The maximum Gasteiger partial charge on any atom is 0.320 e. The molecule has 8 nitrogen and oxygen atoms in total. The standard InChI is InChI=1S/C21H21F2N5O3/c1-25(13-19-24-16-6-2-3-7-18(16)27(19)21(22)23)20(29)15-12-14(28(30)31)8-9-17(15)26-10-4-5-11-26/h2-3,6-9,12,21H,4-5,10-11,13H2,1H3. The number of para-hydroxylation sites is 2. The number of benzene rings is 2. The van der Waals surface area contributed by atoms with E-state index >= 15 is 0 Å². The van der Waals surface area contributed by atoms with Gasteiger partial charge in [0.25, 0.3) is 11.6 Å². The lowest BCUT2D eigenvalue weighted by Crippen LogP contribution is -2.30. The maximum atomic E-state index is 13.7. The lowest BCUT2D eigenvalue weighted by atomic mass is 10.1. The van der Waals surface area contributed by atoms with Crippen molar-refractivity contribution in [2.75, 3.05) is 25.0 Å². The Kier molecular flexibility index (Phi) is 5.53. The number of carbonyl (C=O) groups is 1. The van der Waals surface area contributed by atoms with Gasteiger partial charge >= 0.3 is 6.55 Å². The fraction of sp³-hybridized carbons (Fsp3) is 0.333.